The topological polar surface area (TPSA) is 92.9 Å². The Hall–Kier alpha value is -1.85. The molecule has 0 spiro atoms. The maximum absolute atomic E-state index is 10.5. The van der Waals surface area contributed by atoms with Crippen molar-refractivity contribution in [3.8, 4) is 0 Å². The van der Waals surface area contributed by atoms with E-state index in [1.807, 2.05) is 0 Å². The van der Waals surface area contributed by atoms with Gasteiger partial charge in [0.1, 0.15) is 11.6 Å². The number of nitrogens with two attached hydrogens (primary N) is 1. The average molecular weight is 195 g/mol. The molecule has 0 aliphatic heterocycles. The van der Waals surface area contributed by atoms with E-state index in [-0.39, 0.29) is 5.91 Å². The number of carbonyl (C=O) groups is 1. The smallest absolute Gasteiger partial charge is 0.216 e. The molecule has 1 heterocycles. The first-order chi connectivity index (χ1) is 6.68. The van der Waals surface area contributed by atoms with Gasteiger partial charge in [-0.1, -0.05) is 0 Å². The summed E-state index contributed by atoms with van der Waals surface area (Å²) < 4.78 is 0. The first-order valence-corrected chi connectivity index (χ1v) is 4.24. The van der Waals surface area contributed by atoms with Gasteiger partial charge in [-0.3, -0.25) is 4.79 Å². The number of rotatable bonds is 4. The summed E-state index contributed by atoms with van der Waals surface area (Å²) in [4.78, 5) is 18.4. The van der Waals surface area contributed by atoms with Gasteiger partial charge in [0.15, 0.2) is 0 Å². The van der Waals surface area contributed by atoms with E-state index in [9.17, 15) is 4.79 Å². The molecule has 0 radical (unpaired) electrons. The molecule has 0 aromatic carbocycles. The molecule has 0 bridgehead atoms. The minimum atomic E-state index is -0.0461. The van der Waals surface area contributed by atoms with Crippen molar-refractivity contribution in [3.63, 3.8) is 0 Å². The predicted molar refractivity (Wildman–Crippen MR) is 53.6 cm³/mol. The Kier molecular flexibility index (Phi) is 3.66. The van der Waals surface area contributed by atoms with Crippen molar-refractivity contribution in [2.75, 3.05) is 24.1 Å². The molecule has 6 nitrogen and oxygen atoms in total. The van der Waals surface area contributed by atoms with E-state index < -0.39 is 0 Å². The second-order valence-electron chi connectivity index (χ2n) is 2.74. The normalized spacial score (nSPS) is 9.50. The monoisotopic (exact) mass is 195 g/mol. The molecular formula is C8H13N5O. The summed E-state index contributed by atoms with van der Waals surface area (Å²) in [5.74, 6) is 0.983. The van der Waals surface area contributed by atoms with Gasteiger partial charge in [-0.05, 0) is 0 Å². The zero-order chi connectivity index (χ0) is 10.4. The summed E-state index contributed by atoms with van der Waals surface area (Å²) in [6, 6.07) is 0. The lowest BCUT2D eigenvalue weighted by atomic mass is 10.5. The van der Waals surface area contributed by atoms with Crippen LogP contribution in [0.25, 0.3) is 0 Å². The fourth-order valence-electron chi connectivity index (χ4n) is 0.858. The van der Waals surface area contributed by atoms with Crippen molar-refractivity contribution < 1.29 is 4.79 Å². The lowest BCUT2D eigenvalue weighted by Gasteiger charge is -2.05. The Morgan fingerprint density at radius 3 is 2.79 bits per heavy atom. The Balaban J connectivity index is 2.25. The Labute approximate surface area is 81.9 Å². The predicted octanol–water partition coefficient (Wildman–Crippen LogP) is -0.393. The molecule has 76 valence electrons. The van der Waals surface area contributed by atoms with Crippen molar-refractivity contribution in [2.45, 2.75) is 6.92 Å². The fourth-order valence-corrected chi connectivity index (χ4v) is 0.858. The second-order valence-corrected chi connectivity index (χ2v) is 2.74. The zero-order valence-electron chi connectivity index (χ0n) is 7.95. The lowest BCUT2D eigenvalue weighted by Crippen LogP contribution is -2.26. The molecule has 0 atom stereocenters. The number of amides is 1. The third-order valence-corrected chi connectivity index (χ3v) is 1.48. The molecule has 14 heavy (non-hydrogen) atoms. The quantitative estimate of drug-likeness (QED) is 0.569. The summed E-state index contributed by atoms with van der Waals surface area (Å²) in [6.45, 7) is 2.64. The maximum Gasteiger partial charge on any atom is 0.216 e. The highest BCUT2D eigenvalue weighted by Crippen LogP contribution is 1.99. The molecule has 1 aromatic heterocycles. The molecule has 0 unspecified atom stereocenters. The van der Waals surface area contributed by atoms with E-state index in [4.69, 9.17) is 5.73 Å². The molecule has 0 saturated heterocycles. The third kappa shape index (κ3) is 3.70. The van der Waals surface area contributed by atoms with Crippen LogP contribution in [-0.4, -0.2) is 29.0 Å². The highest BCUT2D eigenvalue weighted by Gasteiger charge is 1.94. The zero-order valence-corrected chi connectivity index (χ0v) is 7.95. The highest BCUT2D eigenvalue weighted by molar-refractivity contribution is 5.72. The molecular weight excluding hydrogens is 182 g/mol. The number of nitrogen functional groups attached to an aromatic ring is 1. The van der Waals surface area contributed by atoms with Crippen LogP contribution in [0.3, 0.4) is 0 Å². The summed E-state index contributed by atoms with van der Waals surface area (Å²) in [7, 11) is 0. The standard InChI is InChI=1S/C8H13N5O/c1-6(14)10-2-3-11-8-5-12-7(9)4-13-8/h4-5H,2-3H2,1H3,(H2,9,12)(H,10,14)(H,11,13). The molecule has 0 aliphatic carbocycles. The summed E-state index contributed by atoms with van der Waals surface area (Å²) >= 11 is 0. The van der Waals surface area contributed by atoms with Crippen LogP contribution in [0.2, 0.25) is 0 Å². The van der Waals surface area contributed by atoms with Crippen LogP contribution < -0.4 is 16.4 Å². The Morgan fingerprint density at radius 1 is 1.43 bits per heavy atom. The van der Waals surface area contributed by atoms with Crippen LogP contribution in [0.5, 0.6) is 0 Å². The van der Waals surface area contributed by atoms with Crippen LogP contribution in [-0.2, 0) is 4.79 Å². The van der Waals surface area contributed by atoms with Crippen molar-refractivity contribution in [1.29, 1.82) is 0 Å². The third-order valence-electron chi connectivity index (χ3n) is 1.48. The van der Waals surface area contributed by atoms with Crippen molar-refractivity contribution in [1.82, 2.24) is 15.3 Å². The minimum Gasteiger partial charge on any atom is -0.382 e. The SMILES string of the molecule is CC(=O)NCCNc1cnc(N)cn1. The number of aromatic nitrogens is 2. The molecule has 0 saturated carbocycles. The van der Waals surface area contributed by atoms with E-state index in [0.29, 0.717) is 24.7 Å². The molecule has 4 N–H and O–H groups in total. The van der Waals surface area contributed by atoms with E-state index in [2.05, 4.69) is 20.6 Å². The van der Waals surface area contributed by atoms with Gasteiger partial charge in [-0.2, -0.15) is 0 Å². The Bertz CT molecular complexity index is 297. The van der Waals surface area contributed by atoms with Gasteiger partial charge >= 0.3 is 0 Å². The minimum absolute atomic E-state index is 0.0461. The fraction of sp³-hybridized carbons (Fsp3) is 0.375. The van der Waals surface area contributed by atoms with Crippen molar-refractivity contribution in [2.24, 2.45) is 0 Å². The van der Waals surface area contributed by atoms with Gasteiger partial charge in [0, 0.05) is 20.0 Å². The average Bonchev–Trinajstić information content (AvgIpc) is 2.15. The molecule has 1 rings (SSSR count). The van der Waals surface area contributed by atoms with Gasteiger partial charge in [-0.25, -0.2) is 9.97 Å². The van der Waals surface area contributed by atoms with Gasteiger partial charge in [0.25, 0.3) is 0 Å². The van der Waals surface area contributed by atoms with E-state index in [1.54, 1.807) is 6.20 Å². The number of carbonyl (C=O) groups excluding carboxylic acids is 1. The van der Waals surface area contributed by atoms with Crippen molar-refractivity contribution >= 4 is 17.5 Å². The second kappa shape index (κ2) is 5.00. The van der Waals surface area contributed by atoms with Crippen LogP contribution in [0.1, 0.15) is 6.92 Å². The molecule has 1 aromatic rings. The van der Waals surface area contributed by atoms with Crippen LogP contribution in [0.4, 0.5) is 11.6 Å². The first-order valence-electron chi connectivity index (χ1n) is 4.24. The molecule has 1 amide bonds. The van der Waals surface area contributed by atoms with E-state index in [1.165, 1.54) is 13.1 Å². The lowest BCUT2D eigenvalue weighted by molar-refractivity contribution is -0.118. The van der Waals surface area contributed by atoms with Gasteiger partial charge < -0.3 is 16.4 Å². The Morgan fingerprint density at radius 2 is 2.21 bits per heavy atom. The largest absolute Gasteiger partial charge is 0.382 e. The van der Waals surface area contributed by atoms with Gasteiger partial charge in [-0.15, -0.1) is 0 Å². The summed E-state index contributed by atoms with van der Waals surface area (Å²) in [6.07, 6.45) is 3.02. The van der Waals surface area contributed by atoms with Crippen LogP contribution in [0.15, 0.2) is 12.4 Å². The molecule has 0 fully saturated rings. The van der Waals surface area contributed by atoms with Gasteiger partial charge in [0.2, 0.25) is 5.91 Å². The summed E-state index contributed by atoms with van der Waals surface area (Å²) in [5, 5.41) is 5.64. The number of hydrogen-bond acceptors (Lipinski definition) is 5. The molecule has 6 heteroatoms. The highest BCUT2D eigenvalue weighted by atomic mass is 16.1. The number of hydrogen-bond donors (Lipinski definition) is 3. The van der Waals surface area contributed by atoms with E-state index in [0.717, 1.165) is 0 Å². The molecule has 0 aliphatic rings. The number of nitrogens with one attached hydrogen (secondary N) is 2. The van der Waals surface area contributed by atoms with E-state index >= 15 is 0 Å². The van der Waals surface area contributed by atoms with Crippen molar-refractivity contribution in [3.05, 3.63) is 12.4 Å². The van der Waals surface area contributed by atoms with Crippen LogP contribution >= 0.6 is 0 Å². The first kappa shape index (κ1) is 10.2. The number of anilines is 2. The van der Waals surface area contributed by atoms with Crippen LogP contribution in [0, 0.1) is 0 Å². The maximum atomic E-state index is 10.5. The number of nitrogens with zero attached hydrogens (tertiary/aromatic N) is 2. The van der Waals surface area contributed by atoms with Gasteiger partial charge in [0.05, 0.1) is 12.4 Å². The summed E-state index contributed by atoms with van der Waals surface area (Å²) in [5.41, 5.74) is 5.36.